The van der Waals surface area contributed by atoms with Crippen molar-refractivity contribution in [1.29, 1.82) is 0 Å². The Morgan fingerprint density at radius 1 is 1.08 bits per heavy atom. The number of rotatable bonds is 9. The molecule has 0 aliphatic carbocycles. The van der Waals surface area contributed by atoms with Gasteiger partial charge in [0.15, 0.2) is 5.78 Å². The zero-order valence-corrected chi connectivity index (χ0v) is 14.8. The molecule has 0 unspecified atom stereocenters. The number of phenols is 1. The van der Waals surface area contributed by atoms with Crippen LogP contribution in [0, 0.1) is 0 Å². The van der Waals surface area contributed by atoms with E-state index >= 15 is 0 Å². The predicted molar refractivity (Wildman–Crippen MR) is 97.4 cm³/mol. The summed E-state index contributed by atoms with van der Waals surface area (Å²) in [6.45, 7) is 2.28. The van der Waals surface area contributed by atoms with Gasteiger partial charge in [0.05, 0.1) is 11.3 Å². The maximum absolute atomic E-state index is 12.3. The maximum atomic E-state index is 12.3. The van der Waals surface area contributed by atoms with Crippen LogP contribution in [0.25, 0.3) is 0 Å². The Morgan fingerprint density at radius 3 is 2.52 bits per heavy atom. The number of phenolic OH excluding ortho intramolecular Hbond substituents is 1. The first-order valence-corrected chi connectivity index (χ1v) is 9.06. The van der Waals surface area contributed by atoms with Crippen molar-refractivity contribution in [1.82, 2.24) is 0 Å². The third-order valence-corrected chi connectivity index (χ3v) is 4.14. The molecule has 0 aromatic heterocycles. The number of carbonyl (C=O) groups is 2. The van der Waals surface area contributed by atoms with Crippen molar-refractivity contribution in [3.05, 3.63) is 59.7 Å². The summed E-state index contributed by atoms with van der Waals surface area (Å²) >= 11 is 1.49. The first kappa shape index (κ1) is 18.9. The second kappa shape index (κ2) is 9.74. The second-order valence-corrected chi connectivity index (χ2v) is 6.35. The van der Waals surface area contributed by atoms with Gasteiger partial charge in [0.25, 0.3) is 0 Å². The summed E-state index contributed by atoms with van der Waals surface area (Å²) in [6, 6.07) is 13.2. The minimum Gasteiger partial charge on any atom is -0.507 e. The summed E-state index contributed by atoms with van der Waals surface area (Å²) in [4.78, 5) is 23.7. The van der Waals surface area contributed by atoms with Crippen molar-refractivity contribution in [3.63, 3.8) is 0 Å². The van der Waals surface area contributed by atoms with Crippen molar-refractivity contribution >= 4 is 23.5 Å². The van der Waals surface area contributed by atoms with E-state index in [0.717, 1.165) is 5.75 Å². The van der Waals surface area contributed by atoms with Gasteiger partial charge in [-0.15, -0.1) is 0 Å². The fraction of sp³-hybridized carbons (Fsp3) is 0.263. The Kier molecular flexibility index (Phi) is 7.35. The lowest BCUT2D eigenvalue weighted by Gasteiger charge is -2.09. The topological polar surface area (TPSA) is 72.8 Å². The third kappa shape index (κ3) is 5.83. The van der Waals surface area contributed by atoms with E-state index in [1.807, 2.05) is 13.0 Å². The molecular weight excluding hydrogens is 340 g/mol. The van der Waals surface area contributed by atoms with Gasteiger partial charge in [0.1, 0.15) is 24.7 Å². The summed E-state index contributed by atoms with van der Waals surface area (Å²) in [5.41, 5.74) is 0.713. The van der Waals surface area contributed by atoms with Gasteiger partial charge in [-0.25, -0.2) is 0 Å². The third-order valence-electron chi connectivity index (χ3n) is 3.29. The largest absolute Gasteiger partial charge is 0.507 e. The van der Waals surface area contributed by atoms with Gasteiger partial charge in [-0.05, 0) is 17.9 Å². The average Bonchev–Trinajstić information content (AvgIpc) is 2.64. The summed E-state index contributed by atoms with van der Waals surface area (Å²) in [6.07, 6.45) is 0. The molecule has 5 nitrogen and oxygen atoms in total. The van der Waals surface area contributed by atoms with Crippen molar-refractivity contribution < 1.29 is 24.2 Å². The SMILES string of the molecule is CCSCC(=O)OCCOc1ccc(C(=O)c2ccccc2)c(O)c1. The summed E-state index contributed by atoms with van der Waals surface area (Å²) in [5.74, 6) is 0.907. The van der Waals surface area contributed by atoms with Crippen LogP contribution in [0.1, 0.15) is 22.8 Å². The van der Waals surface area contributed by atoms with Gasteiger partial charge >= 0.3 is 5.97 Å². The Balaban J connectivity index is 1.87. The van der Waals surface area contributed by atoms with Crippen LogP contribution in [0.3, 0.4) is 0 Å². The molecule has 1 N–H and O–H groups in total. The first-order valence-electron chi connectivity index (χ1n) is 7.90. The molecule has 0 saturated carbocycles. The molecule has 25 heavy (non-hydrogen) atoms. The molecule has 0 saturated heterocycles. The molecule has 2 aromatic rings. The van der Waals surface area contributed by atoms with Crippen LogP contribution in [0.4, 0.5) is 0 Å². The highest BCUT2D eigenvalue weighted by molar-refractivity contribution is 7.99. The molecule has 0 spiro atoms. The van der Waals surface area contributed by atoms with Gasteiger partial charge in [0.2, 0.25) is 0 Å². The van der Waals surface area contributed by atoms with Gasteiger partial charge in [-0.3, -0.25) is 9.59 Å². The highest BCUT2D eigenvalue weighted by Gasteiger charge is 2.14. The highest BCUT2D eigenvalue weighted by Crippen LogP contribution is 2.25. The first-order chi connectivity index (χ1) is 12.1. The molecule has 0 heterocycles. The number of hydrogen-bond donors (Lipinski definition) is 1. The van der Waals surface area contributed by atoms with Crippen LogP contribution in [0.15, 0.2) is 48.5 Å². The Morgan fingerprint density at radius 2 is 1.84 bits per heavy atom. The molecule has 2 aromatic carbocycles. The number of benzene rings is 2. The van der Waals surface area contributed by atoms with Gasteiger partial charge in [-0.1, -0.05) is 37.3 Å². The van der Waals surface area contributed by atoms with Gasteiger partial charge in [-0.2, -0.15) is 11.8 Å². The molecule has 6 heteroatoms. The average molecular weight is 360 g/mol. The van der Waals surface area contributed by atoms with E-state index in [1.165, 1.54) is 23.9 Å². The van der Waals surface area contributed by atoms with E-state index in [0.29, 0.717) is 17.1 Å². The standard InChI is InChI=1S/C19H20O5S/c1-2-25-13-18(21)24-11-10-23-15-8-9-16(17(20)12-15)19(22)14-6-4-3-5-7-14/h3-9,12,20H,2,10-11,13H2,1H3. The number of aromatic hydroxyl groups is 1. The number of ketones is 1. The van der Waals surface area contributed by atoms with E-state index in [-0.39, 0.29) is 36.3 Å². The quantitative estimate of drug-likeness (QED) is 0.420. The summed E-state index contributed by atoms with van der Waals surface area (Å²) in [5, 5.41) is 10.1. The zero-order chi connectivity index (χ0) is 18.1. The Bertz CT molecular complexity index is 715. The number of esters is 1. The predicted octanol–water partition coefficient (Wildman–Crippen LogP) is 3.30. The molecule has 0 fully saturated rings. The van der Waals surface area contributed by atoms with E-state index in [9.17, 15) is 14.7 Å². The number of hydrogen-bond acceptors (Lipinski definition) is 6. The lowest BCUT2D eigenvalue weighted by atomic mass is 10.0. The van der Waals surface area contributed by atoms with E-state index in [2.05, 4.69) is 0 Å². The smallest absolute Gasteiger partial charge is 0.316 e. The molecule has 0 atom stereocenters. The number of ether oxygens (including phenoxy) is 2. The molecule has 0 aliphatic heterocycles. The fourth-order valence-corrected chi connectivity index (χ4v) is 2.53. The van der Waals surface area contributed by atoms with Crippen molar-refractivity contribution in [2.45, 2.75) is 6.92 Å². The summed E-state index contributed by atoms with van der Waals surface area (Å²) < 4.78 is 10.4. The molecule has 132 valence electrons. The molecule has 0 bridgehead atoms. The maximum Gasteiger partial charge on any atom is 0.316 e. The molecule has 0 radical (unpaired) electrons. The molecule has 0 amide bonds. The van der Waals surface area contributed by atoms with Crippen molar-refractivity contribution in [2.24, 2.45) is 0 Å². The van der Waals surface area contributed by atoms with Crippen LogP contribution >= 0.6 is 11.8 Å². The monoisotopic (exact) mass is 360 g/mol. The summed E-state index contributed by atoms with van der Waals surface area (Å²) in [7, 11) is 0. The van der Waals surface area contributed by atoms with Crippen molar-refractivity contribution in [3.8, 4) is 11.5 Å². The Labute approximate surface area is 151 Å². The molecule has 2 rings (SSSR count). The number of carbonyl (C=O) groups excluding carboxylic acids is 2. The minimum absolute atomic E-state index is 0.133. The fourth-order valence-electron chi connectivity index (χ4n) is 2.08. The highest BCUT2D eigenvalue weighted by atomic mass is 32.2. The zero-order valence-electron chi connectivity index (χ0n) is 13.9. The van der Waals surface area contributed by atoms with Crippen LogP contribution in [0.2, 0.25) is 0 Å². The van der Waals surface area contributed by atoms with E-state index in [4.69, 9.17) is 9.47 Å². The second-order valence-electron chi connectivity index (χ2n) is 5.08. The minimum atomic E-state index is -0.276. The number of thioether (sulfide) groups is 1. The van der Waals surface area contributed by atoms with Crippen LogP contribution in [0.5, 0.6) is 11.5 Å². The molecular formula is C19H20O5S. The van der Waals surface area contributed by atoms with Gasteiger partial charge in [0, 0.05) is 11.6 Å². The van der Waals surface area contributed by atoms with Crippen molar-refractivity contribution in [2.75, 3.05) is 24.7 Å². The lowest BCUT2D eigenvalue weighted by Crippen LogP contribution is -2.14. The van der Waals surface area contributed by atoms with E-state index in [1.54, 1.807) is 30.3 Å². The van der Waals surface area contributed by atoms with Crippen LogP contribution < -0.4 is 4.74 Å². The van der Waals surface area contributed by atoms with Crippen LogP contribution in [-0.2, 0) is 9.53 Å². The lowest BCUT2D eigenvalue weighted by molar-refractivity contribution is -0.141. The molecule has 0 aliphatic rings. The van der Waals surface area contributed by atoms with Crippen LogP contribution in [-0.4, -0.2) is 41.6 Å². The van der Waals surface area contributed by atoms with Gasteiger partial charge < -0.3 is 14.6 Å². The normalized spacial score (nSPS) is 10.3. The Hall–Kier alpha value is -2.47. The van der Waals surface area contributed by atoms with E-state index < -0.39 is 0 Å².